The molecule has 1 aromatic rings. The molecule has 0 saturated carbocycles. The fraction of sp³-hybridized carbons (Fsp3) is 0. The molecule has 1 rings (SSSR count). The fourth-order valence-corrected chi connectivity index (χ4v) is 1.14. The Bertz CT molecular complexity index is 323. The van der Waals surface area contributed by atoms with Crippen LogP contribution in [0.25, 0.3) is 5.57 Å². The maximum absolute atomic E-state index is 10.5. The summed E-state index contributed by atoms with van der Waals surface area (Å²) < 4.78 is 0.821. The van der Waals surface area contributed by atoms with E-state index in [4.69, 9.17) is 5.73 Å². The predicted octanol–water partition coefficient (Wildman–Crippen LogP) is 1.34. The van der Waals surface area contributed by atoms with Crippen molar-refractivity contribution < 1.29 is 4.79 Å². The SMILES string of the molecule is N/C=C(/C=O)c1cncc(Br)c1. The van der Waals surface area contributed by atoms with Crippen molar-refractivity contribution in [3.63, 3.8) is 0 Å². The van der Waals surface area contributed by atoms with Gasteiger partial charge >= 0.3 is 0 Å². The van der Waals surface area contributed by atoms with E-state index >= 15 is 0 Å². The quantitative estimate of drug-likeness (QED) is 0.612. The van der Waals surface area contributed by atoms with Crippen molar-refractivity contribution in [3.05, 3.63) is 34.7 Å². The van der Waals surface area contributed by atoms with Gasteiger partial charge in [-0.25, -0.2) is 0 Å². The number of allylic oxidation sites excluding steroid dienone is 1. The Morgan fingerprint density at radius 2 is 2.33 bits per heavy atom. The lowest BCUT2D eigenvalue weighted by Crippen LogP contribution is -1.91. The number of rotatable bonds is 2. The lowest BCUT2D eigenvalue weighted by Gasteiger charge is -1.97. The molecule has 0 aliphatic rings. The molecule has 62 valence electrons. The molecule has 0 unspecified atom stereocenters. The first kappa shape index (κ1) is 8.93. The zero-order valence-corrected chi connectivity index (χ0v) is 7.78. The predicted molar refractivity (Wildman–Crippen MR) is 50.2 cm³/mol. The summed E-state index contributed by atoms with van der Waals surface area (Å²) in [6.07, 6.45) is 5.18. The van der Waals surface area contributed by atoms with E-state index in [1.165, 1.54) is 6.20 Å². The minimum Gasteiger partial charge on any atom is -0.404 e. The lowest BCUT2D eigenvalue weighted by atomic mass is 10.1. The van der Waals surface area contributed by atoms with Crippen molar-refractivity contribution in [1.82, 2.24) is 4.98 Å². The van der Waals surface area contributed by atoms with Gasteiger partial charge in [-0.2, -0.15) is 0 Å². The standard InChI is InChI=1S/C8H7BrN2O/c9-8-1-6(3-11-4-8)7(2-10)5-12/h1-5H,10H2/b7-2-. The Balaban J connectivity index is 3.10. The zero-order chi connectivity index (χ0) is 8.97. The van der Waals surface area contributed by atoms with Crippen LogP contribution < -0.4 is 5.73 Å². The van der Waals surface area contributed by atoms with Gasteiger partial charge in [-0.05, 0) is 22.0 Å². The molecule has 2 N–H and O–H groups in total. The van der Waals surface area contributed by atoms with E-state index in [9.17, 15) is 4.79 Å². The molecule has 0 aromatic carbocycles. The normalized spacial score (nSPS) is 11.2. The number of hydrogen-bond acceptors (Lipinski definition) is 3. The number of carbonyl (C=O) groups is 1. The average molecular weight is 227 g/mol. The van der Waals surface area contributed by atoms with Crippen LogP contribution in [0.4, 0.5) is 0 Å². The maximum Gasteiger partial charge on any atom is 0.152 e. The van der Waals surface area contributed by atoms with Crippen LogP contribution in [0.15, 0.2) is 29.1 Å². The van der Waals surface area contributed by atoms with Crippen molar-refractivity contribution >= 4 is 27.8 Å². The van der Waals surface area contributed by atoms with Gasteiger partial charge < -0.3 is 5.73 Å². The molecule has 0 saturated heterocycles. The Morgan fingerprint density at radius 1 is 1.58 bits per heavy atom. The Hall–Kier alpha value is -1.16. The number of aldehydes is 1. The molecule has 1 heterocycles. The van der Waals surface area contributed by atoms with Gasteiger partial charge in [0.05, 0.1) is 0 Å². The van der Waals surface area contributed by atoms with Crippen molar-refractivity contribution in [2.45, 2.75) is 0 Å². The summed E-state index contributed by atoms with van der Waals surface area (Å²) in [4.78, 5) is 14.4. The number of pyridine rings is 1. The monoisotopic (exact) mass is 226 g/mol. The second kappa shape index (κ2) is 4.01. The summed E-state index contributed by atoms with van der Waals surface area (Å²) >= 11 is 3.24. The Labute approximate surface area is 78.4 Å². The number of hydrogen-bond donors (Lipinski definition) is 1. The van der Waals surface area contributed by atoms with Gasteiger partial charge in [-0.15, -0.1) is 0 Å². The highest BCUT2D eigenvalue weighted by atomic mass is 79.9. The third-order valence-corrected chi connectivity index (χ3v) is 1.78. The van der Waals surface area contributed by atoms with E-state index in [1.54, 1.807) is 18.5 Å². The second-order valence-corrected chi connectivity index (χ2v) is 3.05. The molecule has 0 aliphatic carbocycles. The summed E-state index contributed by atoms with van der Waals surface area (Å²) in [5, 5.41) is 0. The first-order valence-corrected chi connectivity index (χ1v) is 4.05. The highest BCUT2D eigenvalue weighted by Crippen LogP contribution is 2.14. The molecular formula is C8H7BrN2O. The van der Waals surface area contributed by atoms with Gasteiger partial charge in [0.25, 0.3) is 0 Å². The van der Waals surface area contributed by atoms with Crippen LogP contribution in [-0.2, 0) is 4.79 Å². The molecule has 0 spiro atoms. The first-order valence-electron chi connectivity index (χ1n) is 3.26. The minimum absolute atomic E-state index is 0.434. The average Bonchev–Trinajstić information content (AvgIpc) is 2.07. The van der Waals surface area contributed by atoms with Crippen LogP contribution in [0, 0.1) is 0 Å². The third kappa shape index (κ3) is 1.92. The highest BCUT2D eigenvalue weighted by molar-refractivity contribution is 9.10. The van der Waals surface area contributed by atoms with Crippen molar-refractivity contribution in [1.29, 1.82) is 0 Å². The van der Waals surface area contributed by atoms with Crippen LogP contribution >= 0.6 is 15.9 Å². The largest absolute Gasteiger partial charge is 0.404 e. The molecule has 1 aromatic heterocycles. The molecule has 0 aliphatic heterocycles. The van der Waals surface area contributed by atoms with Gasteiger partial charge in [0.2, 0.25) is 0 Å². The lowest BCUT2D eigenvalue weighted by molar-refractivity contribution is -0.103. The van der Waals surface area contributed by atoms with E-state index in [0.717, 1.165) is 4.47 Å². The molecule has 0 atom stereocenters. The van der Waals surface area contributed by atoms with Crippen LogP contribution in [-0.4, -0.2) is 11.3 Å². The van der Waals surface area contributed by atoms with E-state index in [1.807, 2.05) is 0 Å². The first-order chi connectivity index (χ1) is 5.77. The number of nitrogens with zero attached hydrogens (tertiary/aromatic N) is 1. The number of halogens is 1. The maximum atomic E-state index is 10.5. The van der Waals surface area contributed by atoms with Crippen LogP contribution in [0.1, 0.15) is 5.56 Å². The number of carbonyl (C=O) groups excluding carboxylic acids is 1. The van der Waals surface area contributed by atoms with Crippen molar-refractivity contribution in [2.75, 3.05) is 0 Å². The van der Waals surface area contributed by atoms with Gasteiger partial charge in [-0.3, -0.25) is 9.78 Å². The fourth-order valence-electron chi connectivity index (χ4n) is 0.773. The molecule has 0 amide bonds. The molecule has 4 heteroatoms. The van der Waals surface area contributed by atoms with Crippen LogP contribution in [0.2, 0.25) is 0 Å². The molecule has 0 bridgehead atoms. The summed E-state index contributed by atoms with van der Waals surface area (Å²) in [6, 6.07) is 1.78. The Kier molecular flexibility index (Phi) is 2.99. The van der Waals surface area contributed by atoms with E-state index in [-0.39, 0.29) is 0 Å². The number of aromatic nitrogens is 1. The van der Waals surface area contributed by atoms with Crippen molar-refractivity contribution in [3.8, 4) is 0 Å². The van der Waals surface area contributed by atoms with E-state index in [2.05, 4.69) is 20.9 Å². The Morgan fingerprint density at radius 3 is 2.83 bits per heavy atom. The second-order valence-electron chi connectivity index (χ2n) is 2.13. The summed E-state index contributed by atoms with van der Waals surface area (Å²) in [6.45, 7) is 0. The summed E-state index contributed by atoms with van der Waals surface area (Å²) in [5.41, 5.74) is 6.37. The third-order valence-electron chi connectivity index (χ3n) is 1.34. The molecule has 0 radical (unpaired) electrons. The zero-order valence-electron chi connectivity index (χ0n) is 6.20. The number of nitrogens with two attached hydrogens (primary N) is 1. The van der Waals surface area contributed by atoms with E-state index in [0.29, 0.717) is 17.4 Å². The molecular weight excluding hydrogens is 220 g/mol. The highest BCUT2D eigenvalue weighted by Gasteiger charge is 1.99. The summed E-state index contributed by atoms with van der Waals surface area (Å²) in [7, 11) is 0. The van der Waals surface area contributed by atoms with Gasteiger partial charge in [0, 0.05) is 34.2 Å². The molecule has 3 nitrogen and oxygen atoms in total. The van der Waals surface area contributed by atoms with E-state index < -0.39 is 0 Å². The smallest absolute Gasteiger partial charge is 0.152 e. The minimum atomic E-state index is 0.434. The van der Waals surface area contributed by atoms with Crippen LogP contribution in [0.5, 0.6) is 0 Å². The molecule has 12 heavy (non-hydrogen) atoms. The van der Waals surface area contributed by atoms with Gasteiger partial charge in [0.1, 0.15) is 0 Å². The van der Waals surface area contributed by atoms with Gasteiger partial charge in [-0.1, -0.05) is 0 Å². The molecule has 0 fully saturated rings. The van der Waals surface area contributed by atoms with Gasteiger partial charge in [0.15, 0.2) is 6.29 Å². The summed E-state index contributed by atoms with van der Waals surface area (Å²) in [5.74, 6) is 0. The van der Waals surface area contributed by atoms with Crippen LogP contribution in [0.3, 0.4) is 0 Å². The topological polar surface area (TPSA) is 56.0 Å². The van der Waals surface area contributed by atoms with Crippen molar-refractivity contribution in [2.24, 2.45) is 5.73 Å².